The topological polar surface area (TPSA) is 41.8 Å². The van der Waals surface area contributed by atoms with Gasteiger partial charge in [0.05, 0.1) is 0 Å². The number of hydrogen-bond acceptors (Lipinski definition) is 3. The number of aromatic nitrogens is 2. The zero-order valence-corrected chi connectivity index (χ0v) is 9.39. The van der Waals surface area contributed by atoms with Gasteiger partial charge in [-0.2, -0.15) is 0 Å². The molecule has 0 saturated carbocycles. The molecule has 0 bridgehead atoms. The Kier molecular flexibility index (Phi) is 3.46. The lowest BCUT2D eigenvalue weighted by atomic mass is 10.1. The van der Waals surface area contributed by atoms with Gasteiger partial charge in [0, 0.05) is 6.42 Å². The van der Waals surface area contributed by atoms with Crippen LogP contribution in [-0.4, -0.2) is 10.2 Å². The lowest BCUT2D eigenvalue weighted by Crippen LogP contribution is -1.90. The Bertz CT molecular complexity index is 503. The summed E-state index contributed by atoms with van der Waals surface area (Å²) in [5.41, 5.74) is 1.11. The first-order valence-corrected chi connectivity index (χ1v) is 5.44. The first-order valence-electron chi connectivity index (χ1n) is 5.03. The van der Waals surface area contributed by atoms with Crippen molar-refractivity contribution in [2.24, 2.45) is 0 Å². The normalized spacial score (nSPS) is 10.6. The summed E-state index contributed by atoms with van der Waals surface area (Å²) in [6, 6.07) is 6.51. The Hall–Kier alpha value is -1.49. The minimum atomic E-state index is -0.207. The Morgan fingerprint density at radius 1 is 1.25 bits per heavy atom. The molecular formula is C11H11FN2OS. The standard InChI is InChI=1S/C11H11FN2OS/c12-9-6-4-8(5-7-9)2-1-3-10-13-14-11(16)15-10/h4-7H,1-3H2,(H,14,16). The van der Waals surface area contributed by atoms with Crippen molar-refractivity contribution < 1.29 is 8.81 Å². The van der Waals surface area contributed by atoms with Gasteiger partial charge >= 0.3 is 0 Å². The van der Waals surface area contributed by atoms with E-state index in [0.29, 0.717) is 10.7 Å². The van der Waals surface area contributed by atoms with Crippen LogP contribution in [0.3, 0.4) is 0 Å². The number of nitrogens with zero attached hydrogens (tertiary/aromatic N) is 1. The first-order chi connectivity index (χ1) is 7.74. The number of aromatic amines is 1. The summed E-state index contributed by atoms with van der Waals surface area (Å²) in [6.45, 7) is 0. The van der Waals surface area contributed by atoms with E-state index in [-0.39, 0.29) is 5.82 Å². The number of nitrogens with one attached hydrogen (secondary N) is 1. The smallest absolute Gasteiger partial charge is 0.284 e. The van der Waals surface area contributed by atoms with Crippen molar-refractivity contribution in [2.45, 2.75) is 19.3 Å². The van der Waals surface area contributed by atoms with Crippen molar-refractivity contribution in [2.75, 3.05) is 0 Å². The van der Waals surface area contributed by atoms with Crippen LogP contribution in [0.2, 0.25) is 0 Å². The van der Waals surface area contributed by atoms with Gasteiger partial charge in [0.2, 0.25) is 5.89 Å². The predicted octanol–water partition coefficient (Wildman–Crippen LogP) is 3.05. The third-order valence-electron chi connectivity index (χ3n) is 2.25. The van der Waals surface area contributed by atoms with Crippen molar-refractivity contribution in [3.63, 3.8) is 0 Å². The summed E-state index contributed by atoms with van der Waals surface area (Å²) in [4.78, 5) is 0.303. The Balaban J connectivity index is 1.84. The minimum Gasteiger partial charge on any atom is -0.414 e. The lowest BCUT2D eigenvalue weighted by Gasteiger charge is -1.98. The number of aryl methyl sites for hydroxylation is 2. The Morgan fingerprint density at radius 3 is 2.62 bits per heavy atom. The van der Waals surface area contributed by atoms with Crippen LogP contribution in [-0.2, 0) is 12.8 Å². The van der Waals surface area contributed by atoms with Gasteiger partial charge in [0.15, 0.2) is 0 Å². The maximum absolute atomic E-state index is 12.6. The average Bonchev–Trinajstić information content (AvgIpc) is 2.67. The highest BCUT2D eigenvalue weighted by molar-refractivity contribution is 7.71. The summed E-state index contributed by atoms with van der Waals surface area (Å²) in [5.74, 6) is 0.411. The van der Waals surface area contributed by atoms with E-state index in [1.54, 1.807) is 12.1 Å². The molecule has 0 unspecified atom stereocenters. The van der Waals surface area contributed by atoms with Gasteiger partial charge in [-0.3, -0.25) is 0 Å². The van der Waals surface area contributed by atoms with E-state index in [1.165, 1.54) is 12.1 Å². The molecule has 1 aromatic carbocycles. The maximum Gasteiger partial charge on any atom is 0.284 e. The van der Waals surface area contributed by atoms with Gasteiger partial charge < -0.3 is 4.42 Å². The molecule has 2 rings (SSSR count). The van der Waals surface area contributed by atoms with Gasteiger partial charge in [-0.25, -0.2) is 9.49 Å². The second-order valence-electron chi connectivity index (χ2n) is 3.49. The molecule has 0 spiro atoms. The highest BCUT2D eigenvalue weighted by atomic mass is 32.1. The molecule has 0 saturated heterocycles. The van der Waals surface area contributed by atoms with Crippen LogP contribution in [0.25, 0.3) is 0 Å². The first kappa shape index (κ1) is 11.0. The molecule has 2 aromatic rings. The summed E-state index contributed by atoms with van der Waals surface area (Å²) >= 11 is 4.76. The molecule has 0 aliphatic rings. The van der Waals surface area contributed by atoms with Crippen molar-refractivity contribution in [1.29, 1.82) is 0 Å². The predicted molar refractivity (Wildman–Crippen MR) is 60.1 cm³/mol. The van der Waals surface area contributed by atoms with Crippen molar-refractivity contribution in [1.82, 2.24) is 10.2 Å². The second kappa shape index (κ2) is 5.03. The molecule has 0 fully saturated rings. The third-order valence-corrected chi connectivity index (χ3v) is 2.43. The van der Waals surface area contributed by atoms with E-state index >= 15 is 0 Å². The summed E-state index contributed by atoms with van der Waals surface area (Å²) in [5, 5.41) is 6.48. The van der Waals surface area contributed by atoms with Crippen LogP contribution >= 0.6 is 12.2 Å². The largest absolute Gasteiger partial charge is 0.414 e. The number of halogens is 1. The van der Waals surface area contributed by atoms with Crippen molar-refractivity contribution in [3.8, 4) is 0 Å². The fourth-order valence-corrected chi connectivity index (χ4v) is 1.60. The van der Waals surface area contributed by atoms with Crippen LogP contribution in [0.5, 0.6) is 0 Å². The van der Waals surface area contributed by atoms with Gasteiger partial charge in [-0.15, -0.1) is 5.10 Å². The molecule has 1 N–H and O–H groups in total. The van der Waals surface area contributed by atoms with Gasteiger partial charge in [0.25, 0.3) is 4.84 Å². The van der Waals surface area contributed by atoms with E-state index in [1.807, 2.05) is 0 Å². The van der Waals surface area contributed by atoms with Gasteiger partial charge in [-0.1, -0.05) is 12.1 Å². The van der Waals surface area contributed by atoms with E-state index in [4.69, 9.17) is 16.6 Å². The molecule has 0 atom stereocenters. The molecule has 1 aromatic heterocycles. The number of H-pyrrole nitrogens is 1. The molecular weight excluding hydrogens is 227 g/mol. The maximum atomic E-state index is 12.6. The molecule has 5 heteroatoms. The number of hydrogen-bond donors (Lipinski definition) is 1. The summed E-state index contributed by atoms with van der Waals surface area (Å²) < 4.78 is 17.8. The van der Waals surface area contributed by atoms with Gasteiger partial charge in [0.1, 0.15) is 5.82 Å². The van der Waals surface area contributed by atoms with Gasteiger partial charge in [-0.05, 0) is 42.8 Å². The number of rotatable bonds is 4. The SMILES string of the molecule is Fc1ccc(CCCc2n[nH]c(=S)o2)cc1. The fourth-order valence-electron chi connectivity index (χ4n) is 1.46. The molecule has 3 nitrogen and oxygen atoms in total. The summed E-state index contributed by atoms with van der Waals surface area (Å²) in [7, 11) is 0. The van der Waals surface area contributed by atoms with Crippen LogP contribution in [0.1, 0.15) is 17.9 Å². The van der Waals surface area contributed by atoms with Crippen LogP contribution in [0, 0.1) is 10.7 Å². The molecule has 16 heavy (non-hydrogen) atoms. The minimum absolute atomic E-state index is 0.207. The van der Waals surface area contributed by atoms with E-state index in [0.717, 1.165) is 24.8 Å². The zero-order valence-electron chi connectivity index (χ0n) is 8.57. The fraction of sp³-hybridized carbons (Fsp3) is 0.273. The van der Waals surface area contributed by atoms with Crippen LogP contribution in [0.15, 0.2) is 28.7 Å². The zero-order chi connectivity index (χ0) is 11.4. The van der Waals surface area contributed by atoms with Crippen molar-refractivity contribution >= 4 is 12.2 Å². The molecule has 0 aliphatic carbocycles. The quantitative estimate of drug-likeness (QED) is 0.832. The van der Waals surface area contributed by atoms with Crippen LogP contribution < -0.4 is 0 Å². The molecule has 84 valence electrons. The number of benzene rings is 1. The molecule has 0 amide bonds. The van der Waals surface area contributed by atoms with E-state index in [9.17, 15) is 4.39 Å². The Labute approximate surface area is 97.3 Å². The Morgan fingerprint density at radius 2 is 2.00 bits per heavy atom. The highest BCUT2D eigenvalue weighted by Crippen LogP contribution is 2.08. The highest BCUT2D eigenvalue weighted by Gasteiger charge is 2.00. The second-order valence-corrected chi connectivity index (χ2v) is 3.86. The van der Waals surface area contributed by atoms with E-state index < -0.39 is 0 Å². The lowest BCUT2D eigenvalue weighted by molar-refractivity contribution is 0.474. The van der Waals surface area contributed by atoms with Crippen LogP contribution in [0.4, 0.5) is 4.39 Å². The molecule has 1 heterocycles. The third kappa shape index (κ3) is 3.00. The van der Waals surface area contributed by atoms with Crippen molar-refractivity contribution in [3.05, 3.63) is 46.4 Å². The van der Waals surface area contributed by atoms with E-state index in [2.05, 4.69) is 10.2 Å². The molecule has 0 radical (unpaired) electrons. The molecule has 0 aliphatic heterocycles. The monoisotopic (exact) mass is 238 g/mol. The average molecular weight is 238 g/mol. The summed E-state index contributed by atoms with van der Waals surface area (Å²) in [6.07, 6.45) is 2.49.